The molecule has 0 amide bonds. The predicted octanol–water partition coefficient (Wildman–Crippen LogP) is 5.72. The Morgan fingerprint density at radius 2 is 1.43 bits per heavy atom. The molecule has 0 bridgehead atoms. The van der Waals surface area contributed by atoms with Gasteiger partial charge in [-0.2, -0.15) is 9.78 Å². The molecule has 0 heterocycles. The summed E-state index contributed by atoms with van der Waals surface area (Å²) >= 11 is 0. The summed E-state index contributed by atoms with van der Waals surface area (Å²) in [6, 6.07) is 0. The SMILES string of the molecule is CC(C)(C)OOC(=O)C(C)(C)C.CCCCOOOC(=O)C(CC)CCCC. The zero-order valence-corrected chi connectivity index (χ0v) is 19.4. The molecule has 0 spiro atoms. The van der Waals surface area contributed by atoms with Crippen LogP contribution in [-0.2, 0) is 34.2 Å². The van der Waals surface area contributed by atoms with Crippen LogP contribution in [0.5, 0.6) is 0 Å². The lowest BCUT2D eigenvalue weighted by molar-refractivity contribution is -0.487. The number of rotatable bonds is 11. The smallest absolute Gasteiger partial charge is 0.297 e. The van der Waals surface area contributed by atoms with Crippen LogP contribution in [0.4, 0.5) is 0 Å². The van der Waals surface area contributed by atoms with Gasteiger partial charge in [-0.15, -0.1) is 0 Å². The van der Waals surface area contributed by atoms with Crippen molar-refractivity contribution in [2.75, 3.05) is 6.61 Å². The Hall–Kier alpha value is -1.18. The van der Waals surface area contributed by atoms with Crippen LogP contribution >= 0.6 is 0 Å². The Morgan fingerprint density at radius 3 is 1.86 bits per heavy atom. The quantitative estimate of drug-likeness (QED) is 0.247. The first-order valence-corrected chi connectivity index (χ1v) is 10.3. The Balaban J connectivity index is 0. The van der Waals surface area contributed by atoms with Gasteiger partial charge in [0.25, 0.3) is 0 Å². The highest BCUT2D eigenvalue weighted by molar-refractivity contribution is 5.74. The summed E-state index contributed by atoms with van der Waals surface area (Å²) in [5.74, 6) is -0.750. The number of hydrogen-bond donors (Lipinski definition) is 0. The Morgan fingerprint density at radius 1 is 0.857 bits per heavy atom. The minimum Gasteiger partial charge on any atom is -0.297 e. The molecule has 0 aromatic carbocycles. The van der Waals surface area contributed by atoms with E-state index in [0.717, 1.165) is 38.5 Å². The lowest BCUT2D eigenvalue weighted by Crippen LogP contribution is -2.28. The van der Waals surface area contributed by atoms with Crippen molar-refractivity contribution in [3.8, 4) is 0 Å². The van der Waals surface area contributed by atoms with Crippen molar-refractivity contribution in [1.82, 2.24) is 0 Å². The Labute approximate surface area is 171 Å². The highest BCUT2D eigenvalue weighted by Crippen LogP contribution is 2.17. The Kier molecular flexibility index (Phi) is 16.3. The van der Waals surface area contributed by atoms with E-state index in [9.17, 15) is 9.59 Å². The molecule has 0 saturated heterocycles. The molecule has 7 nitrogen and oxygen atoms in total. The fourth-order valence-corrected chi connectivity index (χ4v) is 1.59. The number of carbonyl (C=O) groups is 2. The van der Waals surface area contributed by atoms with Gasteiger partial charge in [0.15, 0.2) is 0 Å². The summed E-state index contributed by atoms with van der Waals surface area (Å²) in [7, 11) is 0. The summed E-state index contributed by atoms with van der Waals surface area (Å²) < 4.78 is 0. The summed E-state index contributed by atoms with van der Waals surface area (Å²) in [5, 5.41) is 4.41. The van der Waals surface area contributed by atoms with Crippen molar-refractivity contribution in [3.05, 3.63) is 0 Å². The molecular weight excluding hydrogens is 364 g/mol. The van der Waals surface area contributed by atoms with Crippen LogP contribution in [0.3, 0.4) is 0 Å². The van der Waals surface area contributed by atoms with Crippen molar-refractivity contribution in [2.24, 2.45) is 11.3 Å². The van der Waals surface area contributed by atoms with E-state index in [-0.39, 0.29) is 17.9 Å². The van der Waals surface area contributed by atoms with Crippen LogP contribution in [0.25, 0.3) is 0 Å². The first-order valence-electron chi connectivity index (χ1n) is 10.3. The van der Waals surface area contributed by atoms with Gasteiger partial charge in [-0.05, 0) is 65.8 Å². The third kappa shape index (κ3) is 18.2. The van der Waals surface area contributed by atoms with Crippen LogP contribution in [0.2, 0.25) is 0 Å². The molecule has 28 heavy (non-hydrogen) atoms. The summed E-state index contributed by atoms with van der Waals surface area (Å²) in [6.45, 7) is 17.4. The zero-order valence-electron chi connectivity index (χ0n) is 19.4. The molecule has 1 unspecified atom stereocenters. The summed E-state index contributed by atoms with van der Waals surface area (Å²) in [6.07, 6.45) is 5.65. The monoisotopic (exact) mass is 406 g/mol. The van der Waals surface area contributed by atoms with Gasteiger partial charge in [0.1, 0.15) is 5.60 Å². The van der Waals surface area contributed by atoms with Crippen LogP contribution in [0, 0.1) is 11.3 Å². The highest BCUT2D eigenvalue weighted by Gasteiger charge is 2.26. The molecule has 0 aliphatic carbocycles. The van der Waals surface area contributed by atoms with Gasteiger partial charge in [-0.1, -0.05) is 40.0 Å². The average molecular weight is 407 g/mol. The fraction of sp³-hybridized carbons (Fsp3) is 0.905. The first kappa shape index (κ1) is 29.0. The van der Waals surface area contributed by atoms with Gasteiger partial charge in [-0.3, -0.25) is 9.78 Å². The van der Waals surface area contributed by atoms with Crippen LogP contribution in [0.15, 0.2) is 0 Å². The molecule has 168 valence electrons. The standard InChI is InChI=1S/C12H24O4.C9H18O3/c1-4-7-9-11(6-3)12(13)15-16-14-10-8-5-2;1-8(2,3)7(10)11-12-9(4,5)6/h11H,4-10H2,1-3H3;1-6H3. The Bertz CT molecular complexity index is 408. The van der Waals surface area contributed by atoms with E-state index in [0.29, 0.717) is 6.61 Å². The number of carbonyl (C=O) groups excluding carboxylic acids is 2. The lowest BCUT2D eigenvalue weighted by atomic mass is 9.98. The van der Waals surface area contributed by atoms with E-state index in [2.05, 4.69) is 21.7 Å². The van der Waals surface area contributed by atoms with E-state index < -0.39 is 11.0 Å². The van der Waals surface area contributed by atoms with Crippen molar-refractivity contribution >= 4 is 11.9 Å². The molecule has 0 aromatic rings. The lowest BCUT2D eigenvalue weighted by Gasteiger charge is -2.20. The minimum atomic E-state index is -0.509. The zero-order chi connectivity index (χ0) is 22.2. The van der Waals surface area contributed by atoms with E-state index in [1.54, 1.807) is 20.8 Å². The van der Waals surface area contributed by atoms with Crippen molar-refractivity contribution in [1.29, 1.82) is 0 Å². The second-order valence-corrected chi connectivity index (χ2v) is 8.71. The van der Waals surface area contributed by atoms with Crippen LogP contribution in [0.1, 0.15) is 101 Å². The maximum absolute atomic E-state index is 11.5. The number of unbranched alkanes of at least 4 members (excludes halogenated alkanes) is 2. The molecule has 7 heteroatoms. The van der Waals surface area contributed by atoms with E-state index >= 15 is 0 Å². The molecule has 1 atom stereocenters. The fourth-order valence-electron chi connectivity index (χ4n) is 1.59. The van der Waals surface area contributed by atoms with Gasteiger partial charge in [0, 0.05) is 0 Å². The molecule has 0 radical (unpaired) electrons. The second-order valence-electron chi connectivity index (χ2n) is 8.71. The maximum Gasteiger partial charge on any atom is 0.348 e. The largest absolute Gasteiger partial charge is 0.348 e. The van der Waals surface area contributed by atoms with Crippen molar-refractivity contribution in [3.63, 3.8) is 0 Å². The summed E-state index contributed by atoms with van der Waals surface area (Å²) in [5.41, 5.74) is -0.952. The van der Waals surface area contributed by atoms with Gasteiger partial charge >= 0.3 is 11.9 Å². The molecule has 0 aliphatic heterocycles. The summed E-state index contributed by atoms with van der Waals surface area (Å²) in [4.78, 5) is 41.4. The third-order valence-corrected chi connectivity index (χ3v) is 3.46. The molecule has 0 fully saturated rings. The average Bonchev–Trinajstić information content (AvgIpc) is 2.59. The molecule has 0 N–H and O–H groups in total. The second kappa shape index (κ2) is 15.7. The normalized spacial score (nSPS) is 12.6. The van der Waals surface area contributed by atoms with E-state index in [1.807, 2.05) is 34.6 Å². The molecule has 0 aromatic heterocycles. The first-order chi connectivity index (χ1) is 12.9. The topological polar surface area (TPSA) is 80.3 Å². The van der Waals surface area contributed by atoms with E-state index in [4.69, 9.17) is 9.78 Å². The predicted molar refractivity (Wildman–Crippen MR) is 108 cm³/mol. The third-order valence-electron chi connectivity index (χ3n) is 3.46. The maximum atomic E-state index is 11.5. The van der Waals surface area contributed by atoms with Gasteiger partial charge in [0.2, 0.25) is 0 Å². The molecular formula is C21H42O7. The van der Waals surface area contributed by atoms with Crippen LogP contribution < -0.4 is 0 Å². The van der Waals surface area contributed by atoms with Gasteiger partial charge in [-0.25, -0.2) is 9.59 Å². The number of hydrogen-bond acceptors (Lipinski definition) is 7. The van der Waals surface area contributed by atoms with Gasteiger partial charge < -0.3 is 0 Å². The molecule has 0 aliphatic rings. The van der Waals surface area contributed by atoms with Crippen LogP contribution in [-0.4, -0.2) is 24.1 Å². The van der Waals surface area contributed by atoms with Gasteiger partial charge in [0.05, 0.1) is 17.9 Å². The highest BCUT2D eigenvalue weighted by atomic mass is 17.5. The van der Waals surface area contributed by atoms with Crippen molar-refractivity contribution < 1.29 is 34.2 Å². The molecule has 0 saturated carbocycles. The minimum absolute atomic E-state index is 0.0743. The van der Waals surface area contributed by atoms with Crippen molar-refractivity contribution in [2.45, 2.75) is 106 Å². The van der Waals surface area contributed by atoms with E-state index in [1.165, 1.54) is 0 Å². The molecule has 0 rings (SSSR count).